The highest BCUT2D eigenvalue weighted by molar-refractivity contribution is 5.67. The molecule has 120 valence electrons. The molecule has 1 aliphatic rings. The Bertz CT molecular complexity index is 762. The number of rotatable bonds is 2. The van der Waals surface area contributed by atoms with Gasteiger partial charge >= 0.3 is 6.09 Å². The van der Waals surface area contributed by atoms with Crippen LogP contribution in [0.2, 0.25) is 0 Å². The van der Waals surface area contributed by atoms with Crippen molar-refractivity contribution in [1.82, 2.24) is 9.78 Å². The minimum Gasteiger partial charge on any atom is -0.463 e. The molecular weight excluding hydrogens is 294 g/mol. The van der Waals surface area contributed by atoms with Gasteiger partial charge in [-0.15, -0.1) is 4.68 Å². The highest BCUT2D eigenvalue weighted by Crippen LogP contribution is 2.30. The van der Waals surface area contributed by atoms with E-state index in [2.05, 4.69) is 34.3 Å². The maximum atomic E-state index is 12.1. The molecule has 0 unspecified atom stereocenters. The van der Waals surface area contributed by atoms with Crippen LogP contribution < -0.4 is 10.5 Å². The number of anilines is 1. The Hall–Kier alpha value is -2.63. The molecule has 6 heteroatoms. The van der Waals surface area contributed by atoms with Crippen LogP contribution in [-0.4, -0.2) is 34.1 Å². The van der Waals surface area contributed by atoms with E-state index in [1.165, 1.54) is 11.8 Å². The highest BCUT2D eigenvalue weighted by atomic mass is 16.4. The van der Waals surface area contributed by atoms with Gasteiger partial charge in [-0.2, -0.15) is 5.10 Å². The van der Waals surface area contributed by atoms with Crippen LogP contribution in [0.3, 0.4) is 0 Å². The second-order valence-corrected chi connectivity index (χ2v) is 5.83. The Labute approximate surface area is 134 Å². The van der Waals surface area contributed by atoms with E-state index in [1.807, 2.05) is 6.07 Å². The molecule has 1 aromatic heterocycles. The lowest BCUT2D eigenvalue weighted by atomic mass is 9.89. The zero-order valence-electron chi connectivity index (χ0n) is 13.0. The molecule has 6 nitrogen and oxygen atoms in total. The predicted molar refractivity (Wildman–Crippen MR) is 87.3 cm³/mol. The van der Waals surface area contributed by atoms with Gasteiger partial charge in [-0.05, 0) is 31.2 Å². The molecule has 1 aliphatic heterocycles. The molecule has 0 radical (unpaired) electrons. The zero-order valence-corrected chi connectivity index (χ0v) is 13.0. The van der Waals surface area contributed by atoms with Gasteiger partial charge in [0.15, 0.2) is 0 Å². The standard InChI is InChI=1S/C17H19N3O3/c1-12-15(11-18-20(16(12)21)17(22)23)19-9-7-14(8-10-19)13-5-3-2-4-6-13/h2-6,11,14H,7-10H2,1H3,(H,22,23). The molecule has 3 rings (SSSR count). The Kier molecular flexibility index (Phi) is 4.14. The first-order valence-corrected chi connectivity index (χ1v) is 7.70. The van der Waals surface area contributed by atoms with E-state index in [1.54, 1.807) is 6.92 Å². The lowest BCUT2D eigenvalue weighted by molar-refractivity contribution is 0.191. The summed E-state index contributed by atoms with van der Waals surface area (Å²) in [4.78, 5) is 25.1. The fraction of sp³-hybridized carbons (Fsp3) is 0.353. The molecule has 23 heavy (non-hydrogen) atoms. The van der Waals surface area contributed by atoms with Gasteiger partial charge in [-0.25, -0.2) is 4.79 Å². The number of carbonyl (C=O) groups is 1. The van der Waals surface area contributed by atoms with Crippen LogP contribution in [0.5, 0.6) is 0 Å². The second-order valence-electron chi connectivity index (χ2n) is 5.83. The molecule has 1 aromatic carbocycles. The first-order valence-electron chi connectivity index (χ1n) is 7.70. The molecule has 0 atom stereocenters. The number of benzene rings is 1. The minimum atomic E-state index is -1.35. The second kappa shape index (κ2) is 6.24. The van der Waals surface area contributed by atoms with Crippen molar-refractivity contribution in [2.45, 2.75) is 25.7 Å². The van der Waals surface area contributed by atoms with Gasteiger partial charge in [0.25, 0.3) is 5.56 Å². The van der Waals surface area contributed by atoms with Crippen LogP contribution in [0, 0.1) is 6.92 Å². The fourth-order valence-corrected chi connectivity index (χ4v) is 3.16. The van der Waals surface area contributed by atoms with Crippen molar-refractivity contribution in [3.05, 3.63) is 58.0 Å². The van der Waals surface area contributed by atoms with Crippen molar-refractivity contribution < 1.29 is 9.90 Å². The summed E-state index contributed by atoms with van der Waals surface area (Å²) < 4.78 is 0.482. The Morgan fingerprint density at radius 1 is 1.22 bits per heavy atom. The van der Waals surface area contributed by atoms with Crippen molar-refractivity contribution in [1.29, 1.82) is 0 Å². The largest absolute Gasteiger partial charge is 0.463 e. The van der Waals surface area contributed by atoms with Gasteiger partial charge in [-0.1, -0.05) is 30.3 Å². The fourth-order valence-electron chi connectivity index (χ4n) is 3.16. The summed E-state index contributed by atoms with van der Waals surface area (Å²) in [5, 5.41) is 12.7. The van der Waals surface area contributed by atoms with E-state index >= 15 is 0 Å². The Morgan fingerprint density at radius 3 is 2.48 bits per heavy atom. The number of carboxylic acid groups (broad SMARTS) is 1. The number of hydrogen-bond donors (Lipinski definition) is 1. The molecule has 0 saturated carbocycles. The van der Waals surface area contributed by atoms with E-state index in [0.29, 0.717) is 16.2 Å². The summed E-state index contributed by atoms with van der Waals surface area (Å²) >= 11 is 0. The van der Waals surface area contributed by atoms with Crippen LogP contribution >= 0.6 is 0 Å². The third kappa shape index (κ3) is 2.97. The van der Waals surface area contributed by atoms with E-state index in [9.17, 15) is 9.59 Å². The van der Waals surface area contributed by atoms with Gasteiger partial charge < -0.3 is 10.0 Å². The van der Waals surface area contributed by atoms with Gasteiger partial charge in [0.1, 0.15) is 0 Å². The molecule has 1 fully saturated rings. The highest BCUT2D eigenvalue weighted by Gasteiger charge is 2.23. The first kappa shape index (κ1) is 15.3. The van der Waals surface area contributed by atoms with Crippen molar-refractivity contribution in [3.63, 3.8) is 0 Å². The average molecular weight is 313 g/mol. The Balaban J connectivity index is 1.77. The molecule has 0 amide bonds. The number of piperidine rings is 1. The van der Waals surface area contributed by atoms with Crippen molar-refractivity contribution in [3.8, 4) is 0 Å². The summed E-state index contributed by atoms with van der Waals surface area (Å²) in [6.07, 6.45) is 2.14. The first-order chi connectivity index (χ1) is 11.1. The molecule has 1 N–H and O–H groups in total. The van der Waals surface area contributed by atoms with Crippen molar-refractivity contribution in [2.24, 2.45) is 0 Å². The third-order valence-corrected chi connectivity index (χ3v) is 4.48. The summed E-state index contributed by atoms with van der Waals surface area (Å²) in [6.45, 7) is 3.32. The van der Waals surface area contributed by atoms with Crippen LogP contribution in [0.15, 0.2) is 41.3 Å². The topological polar surface area (TPSA) is 75.4 Å². The van der Waals surface area contributed by atoms with Crippen LogP contribution in [0.4, 0.5) is 10.5 Å². The number of hydrogen-bond acceptors (Lipinski definition) is 4. The molecular formula is C17H19N3O3. The minimum absolute atomic E-state index is 0.431. The SMILES string of the molecule is Cc1c(N2CCC(c3ccccc3)CC2)cnn(C(=O)O)c1=O. The summed E-state index contributed by atoms with van der Waals surface area (Å²) in [5.41, 5.74) is 1.95. The predicted octanol–water partition coefficient (Wildman–Crippen LogP) is 2.46. The molecule has 2 heterocycles. The number of aromatic nitrogens is 2. The molecule has 0 spiro atoms. The van der Waals surface area contributed by atoms with E-state index in [4.69, 9.17) is 5.11 Å². The summed E-state index contributed by atoms with van der Waals surface area (Å²) in [7, 11) is 0. The van der Waals surface area contributed by atoms with Crippen LogP contribution in [-0.2, 0) is 0 Å². The lowest BCUT2D eigenvalue weighted by Gasteiger charge is -2.34. The Morgan fingerprint density at radius 2 is 1.87 bits per heavy atom. The van der Waals surface area contributed by atoms with E-state index < -0.39 is 11.7 Å². The number of nitrogens with zero attached hydrogens (tertiary/aromatic N) is 3. The smallest absolute Gasteiger partial charge is 0.435 e. The summed E-state index contributed by atoms with van der Waals surface area (Å²) in [5.74, 6) is 0.528. The van der Waals surface area contributed by atoms with Gasteiger partial charge in [0.2, 0.25) is 0 Å². The van der Waals surface area contributed by atoms with Gasteiger partial charge in [0.05, 0.1) is 11.9 Å². The maximum absolute atomic E-state index is 12.1. The zero-order chi connectivity index (χ0) is 16.4. The molecule has 0 aliphatic carbocycles. The molecule has 2 aromatic rings. The van der Waals surface area contributed by atoms with Crippen molar-refractivity contribution >= 4 is 11.8 Å². The van der Waals surface area contributed by atoms with E-state index in [-0.39, 0.29) is 0 Å². The third-order valence-electron chi connectivity index (χ3n) is 4.48. The lowest BCUT2D eigenvalue weighted by Crippen LogP contribution is -2.37. The molecule has 0 bridgehead atoms. The van der Waals surface area contributed by atoms with Crippen molar-refractivity contribution in [2.75, 3.05) is 18.0 Å². The maximum Gasteiger partial charge on any atom is 0.435 e. The average Bonchev–Trinajstić information content (AvgIpc) is 2.58. The molecule has 1 saturated heterocycles. The van der Waals surface area contributed by atoms with Crippen LogP contribution in [0.25, 0.3) is 0 Å². The normalized spacial score (nSPS) is 15.6. The van der Waals surface area contributed by atoms with Crippen LogP contribution in [0.1, 0.15) is 29.9 Å². The quantitative estimate of drug-likeness (QED) is 0.921. The summed E-state index contributed by atoms with van der Waals surface area (Å²) in [6, 6.07) is 10.4. The monoisotopic (exact) mass is 313 g/mol. The van der Waals surface area contributed by atoms with E-state index in [0.717, 1.165) is 31.6 Å². The van der Waals surface area contributed by atoms with Gasteiger partial charge in [-0.3, -0.25) is 4.79 Å². The van der Waals surface area contributed by atoms with Gasteiger partial charge in [0, 0.05) is 18.7 Å².